The van der Waals surface area contributed by atoms with E-state index in [-0.39, 0.29) is 19.4 Å². The van der Waals surface area contributed by atoms with Crippen LogP contribution in [0.2, 0.25) is 0 Å². The summed E-state index contributed by atoms with van der Waals surface area (Å²) in [6.07, 6.45) is 44.5. The Morgan fingerprint density at radius 2 is 1.00 bits per heavy atom. The van der Waals surface area contributed by atoms with Gasteiger partial charge in [-0.1, -0.05) is 150 Å². The molecule has 12 nitrogen and oxygen atoms in total. The van der Waals surface area contributed by atoms with Gasteiger partial charge in [0.15, 0.2) is 12.4 Å². The molecule has 2 unspecified atom stereocenters. The van der Waals surface area contributed by atoms with Crippen LogP contribution in [-0.2, 0) is 38.7 Å². The van der Waals surface area contributed by atoms with Crippen LogP contribution < -0.4 is 0 Å². The standard InChI is InChI=1S/C51H82O12S/c1-3-5-7-9-11-13-15-17-19-21-22-24-26-28-30-32-34-36-38-40-47(53)62-44(42-61-51-50(56)49(55)48(54)45(63-51)43-64(57,58)59)41-60-46(52)39-37-35-33-31-29-27-25-23-20-18-16-14-12-10-8-6-4-2/h5,7,11,13,17-20,22,24-25,27-28,30-31,33,44-45,48-51,54-56H,3-4,6,8-10,12,14-16,21,23,26,29,32,34-43H2,1-2H3,(H,57,58,59)/b7-5+,13-11+,19-17+,20-18+,24-22+,27-25+,30-28+,33-31+/t44-,45-,48-,49?,50?,51+/m1/s1. The minimum Gasteiger partial charge on any atom is -0.462 e. The summed E-state index contributed by atoms with van der Waals surface area (Å²) in [6.45, 7) is 3.56. The zero-order chi connectivity index (χ0) is 46.9. The number of aliphatic hydroxyl groups excluding tert-OH is 3. The second-order valence-electron chi connectivity index (χ2n) is 16.0. The summed E-state index contributed by atoms with van der Waals surface area (Å²) >= 11 is 0. The van der Waals surface area contributed by atoms with E-state index in [1.54, 1.807) is 0 Å². The number of unbranched alkanes of at least 4 members (excludes halogenated alkanes) is 10. The lowest BCUT2D eigenvalue weighted by molar-refractivity contribution is -0.297. The van der Waals surface area contributed by atoms with Crippen molar-refractivity contribution in [2.45, 2.75) is 192 Å². The Balaban J connectivity index is 2.50. The SMILES string of the molecule is CC/C=C/C/C=C/C/C=C/C/C=C/C/C=C/CCCCCC(=O)O[C@H](COC(=O)CCC/C=C/C/C=C/C/C=C/CCCCCCCC)CO[C@H]1O[C@H](CS(=O)(=O)O)[C@@H](O)C(O)C1O. The number of hydrogen-bond donors (Lipinski definition) is 4. The average Bonchev–Trinajstić information content (AvgIpc) is 3.26. The van der Waals surface area contributed by atoms with Crippen LogP contribution in [0.5, 0.6) is 0 Å². The molecule has 0 spiro atoms. The smallest absolute Gasteiger partial charge is 0.306 e. The van der Waals surface area contributed by atoms with E-state index in [9.17, 15) is 37.9 Å². The molecule has 1 fully saturated rings. The van der Waals surface area contributed by atoms with E-state index in [2.05, 4.69) is 105 Å². The minimum atomic E-state index is -4.62. The summed E-state index contributed by atoms with van der Waals surface area (Å²) in [5.41, 5.74) is 0. The van der Waals surface area contributed by atoms with Gasteiger partial charge in [-0.05, 0) is 89.9 Å². The third-order valence-corrected chi connectivity index (χ3v) is 10.9. The molecular weight excluding hydrogens is 837 g/mol. The number of allylic oxidation sites excluding steroid dienone is 16. The lowest BCUT2D eigenvalue weighted by atomic mass is 10.00. The Morgan fingerprint density at radius 3 is 1.52 bits per heavy atom. The number of esters is 2. The largest absolute Gasteiger partial charge is 0.462 e. The number of carbonyl (C=O) groups excluding carboxylic acids is 2. The zero-order valence-corrected chi connectivity index (χ0v) is 39.7. The Bertz CT molecular complexity index is 1540. The van der Waals surface area contributed by atoms with Crippen molar-refractivity contribution in [2.24, 2.45) is 0 Å². The fourth-order valence-electron chi connectivity index (χ4n) is 6.48. The number of rotatable bonds is 38. The molecule has 0 aromatic heterocycles. The van der Waals surface area contributed by atoms with Crippen LogP contribution in [0.25, 0.3) is 0 Å². The van der Waals surface area contributed by atoms with Gasteiger partial charge in [0, 0.05) is 12.8 Å². The van der Waals surface area contributed by atoms with Gasteiger partial charge in [-0.2, -0.15) is 8.42 Å². The first-order valence-electron chi connectivity index (χ1n) is 23.8. The molecule has 364 valence electrons. The van der Waals surface area contributed by atoms with Crippen LogP contribution >= 0.6 is 0 Å². The molecule has 0 saturated carbocycles. The molecule has 13 heteroatoms. The maximum absolute atomic E-state index is 12.8. The summed E-state index contributed by atoms with van der Waals surface area (Å²) in [5.74, 6) is -2.11. The first kappa shape index (κ1) is 58.6. The van der Waals surface area contributed by atoms with Crippen molar-refractivity contribution < 1.29 is 56.8 Å². The molecule has 4 N–H and O–H groups in total. The topological polar surface area (TPSA) is 186 Å². The average molecular weight is 919 g/mol. The van der Waals surface area contributed by atoms with Crippen LogP contribution in [0, 0.1) is 0 Å². The number of carbonyl (C=O) groups is 2. The van der Waals surface area contributed by atoms with E-state index in [0.29, 0.717) is 19.3 Å². The normalized spacial score (nSPS) is 20.5. The molecule has 6 atom stereocenters. The maximum atomic E-state index is 12.8. The lowest BCUT2D eigenvalue weighted by Gasteiger charge is -2.40. The molecule has 1 heterocycles. The monoisotopic (exact) mass is 919 g/mol. The van der Waals surface area contributed by atoms with E-state index in [0.717, 1.165) is 70.6 Å². The highest BCUT2D eigenvalue weighted by Crippen LogP contribution is 2.24. The van der Waals surface area contributed by atoms with Crippen LogP contribution in [0.3, 0.4) is 0 Å². The fourth-order valence-corrected chi connectivity index (χ4v) is 7.17. The van der Waals surface area contributed by atoms with Gasteiger partial charge >= 0.3 is 11.9 Å². The van der Waals surface area contributed by atoms with E-state index in [1.807, 2.05) is 6.08 Å². The number of aliphatic hydroxyl groups is 3. The second kappa shape index (κ2) is 39.9. The molecule has 1 aliphatic heterocycles. The highest BCUT2D eigenvalue weighted by atomic mass is 32.2. The molecule has 64 heavy (non-hydrogen) atoms. The van der Waals surface area contributed by atoms with E-state index in [4.69, 9.17) is 18.9 Å². The van der Waals surface area contributed by atoms with Gasteiger partial charge in [0.05, 0.1) is 6.61 Å². The van der Waals surface area contributed by atoms with E-state index >= 15 is 0 Å². The minimum absolute atomic E-state index is 0.109. The van der Waals surface area contributed by atoms with Gasteiger partial charge < -0.3 is 34.3 Å². The van der Waals surface area contributed by atoms with Crippen molar-refractivity contribution in [3.63, 3.8) is 0 Å². The summed E-state index contributed by atoms with van der Waals surface area (Å²) < 4.78 is 54.0. The molecule has 0 aromatic rings. The first-order chi connectivity index (χ1) is 31.0. The molecule has 0 radical (unpaired) electrons. The first-order valence-corrected chi connectivity index (χ1v) is 25.4. The van der Waals surface area contributed by atoms with Crippen molar-refractivity contribution in [2.75, 3.05) is 19.0 Å². The zero-order valence-electron chi connectivity index (χ0n) is 38.8. The van der Waals surface area contributed by atoms with Crippen molar-refractivity contribution in [1.29, 1.82) is 0 Å². The van der Waals surface area contributed by atoms with Gasteiger partial charge in [0.1, 0.15) is 36.8 Å². The van der Waals surface area contributed by atoms with E-state index < -0.39 is 71.2 Å². The molecule has 1 saturated heterocycles. The molecular formula is C51H82O12S. The molecule has 0 aliphatic carbocycles. The van der Waals surface area contributed by atoms with E-state index in [1.165, 1.54) is 38.5 Å². The molecule has 1 rings (SSSR count). The highest BCUT2D eigenvalue weighted by molar-refractivity contribution is 7.85. The Hall–Kier alpha value is -3.43. The van der Waals surface area contributed by atoms with Crippen molar-refractivity contribution in [3.05, 3.63) is 97.2 Å². The summed E-state index contributed by atoms with van der Waals surface area (Å²) in [6, 6.07) is 0. The highest BCUT2D eigenvalue weighted by Gasteiger charge is 2.46. The predicted octanol–water partition coefficient (Wildman–Crippen LogP) is 10.2. The molecule has 0 aromatic carbocycles. The van der Waals surface area contributed by atoms with Gasteiger partial charge in [-0.25, -0.2) is 0 Å². The Morgan fingerprint density at radius 1 is 0.547 bits per heavy atom. The fraction of sp³-hybridized carbons (Fsp3) is 0.647. The summed E-state index contributed by atoms with van der Waals surface area (Å²) in [7, 11) is -4.62. The lowest BCUT2D eigenvalue weighted by Crippen LogP contribution is -2.60. The summed E-state index contributed by atoms with van der Waals surface area (Å²) in [4.78, 5) is 25.4. The maximum Gasteiger partial charge on any atom is 0.306 e. The van der Waals surface area contributed by atoms with Crippen LogP contribution in [0.15, 0.2) is 97.2 Å². The summed E-state index contributed by atoms with van der Waals surface area (Å²) in [5, 5.41) is 30.9. The molecule has 0 amide bonds. The van der Waals surface area contributed by atoms with Gasteiger partial charge in [0.25, 0.3) is 10.1 Å². The third kappa shape index (κ3) is 34.0. The molecule has 0 bridgehead atoms. The van der Waals surface area contributed by atoms with Crippen molar-refractivity contribution >= 4 is 22.1 Å². The van der Waals surface area contributed by atoms with Crippen molar-refractivity contribution in [3.8, 4) is 0 Å². The second-order valence-corrected chi connectivity index (χ2v) is 17.5. The van der Waals surface area contributed by atoms with Gasteiger partial charge in [0.2, 0.25) is 0 Å². The van der Waals surface area contributed by atoms with Gasteiger partial charge in [-0.3, -0.25) is 14.1 Å². The van der Waals surface area contributed by atoms with Crippen LogP contribution in [-0.4, -0.2) is 96.0 Å². The number of ether oxygens (including phenoxy) is 4. The molecule has 1 aliphatic rings. The predicted molar refractivity (Wildman–Crippen MR) is 256 cm³/mol. The third-order valence-electron chi connectivity index (χ3n) is 10.1. The Kier molecular flexibility index (Phi) is 36.5. The quantitative estimate of drug-likeness (QED) is 0.0199. The van der Waals surface area contributed by atoms with Crippen molar-refractivity contribution in [1.82, 2.24) is 0 Å². The van der Waals surface area contributed by atoms with Gasteiger partial charge in [-0.15, -0.1) is 0 Å². The van der Waals surface area contributed by atoms with Crippen LogP contribution in [0.1, 0.15) is 155 Å². The van der Waals surface area contributed by atoms with Crippen LogP contribution in [0.4, 0.5) is 0 Å². The Labute approximate surface area is 385 Å². The number of hydrogen-bond acceptors (Lipinski definition) is 11.